The number of Topliss-reactive ketones (excluding diaryl/α,β-unsaturated/α-hetero) is 1. The molecular weight excluding hydrogens is 382 g/mol. The number of ether oxygens (including phenoxy) is 2. The fraction of sp³-hybridized carbons (Fsp3) is 0.250. The first-order valence-electron chi connectivity index (χ1n) is 8.49. The molecule has 8 heteroatoms. The summed E-state index contributed by atoms with van der Waals surface area (Å²) in [5.41, 5.74) is 0.966. The van der Waals surface area contributed by atoms with E-state index in [1.165, 1.54) is 30.5 Å². The maximum atomic E-state index is 13.0. The molecule has 7 nitrogen and oxygen atoms in total. The summed E-state index contributed by atoms with van der Waals surface area (Å²) in [5, 5.41) is 12.2. The predicted molar refractivity (Wildman–Crippen MR) is 102 cm³/mol. The average molecular weight is 401 g/mol. The quantitative estimate of drug-likeness (QED) is 0.566. The highest BCUT2D eigenvalue weighted by molar-refractivity contribution is 7.12. The number of hydrogen-bond donors (Lipinski definition) is 1. The van der Waals surface area contributed by atoms with Crippen LogP contribution in [0.1, 0.15) is 31.6 Å². The van der Waals surface area contributed by atoms with Gasteiger partial charge in [0.15, 0.2) is 5.76 Å². The van der Waals surface area contributed by atoms with Crippen molar-refractivity contribution in [3.8, 4) is 0 Å². The molecule has 1 atom stereocenters. The Labute approximate surface area is 165 Å². The molecule has 0 bridgehead atoms. The van der Waals surface area contributed by atoms with Gasteiger partial charge in [0.25, 0.3) is 5.91 Å². The van der Waals surface area contributed by atoms with Crippen molar-refractivity contribution >= 4 is 29.0 Å². The molecule has 0 aliphatic carbocycles. The van der Waals surface area contributed by atoms with Crippen molar-refractivity contribution < 1.29 is 29.0 Å². The third kappa shape index (κ3) is 3.56. The van der Waals surface area contributed by atoms with E-state index in [1.807, 2.05) is 0 Å². The normalized spacial score (nSPS) is 16.6. The van der Waals surface area contributed by atoms with Gasteiger partial charge in [-0.25, -0.2) is 4.79 Å². The zero-order valence-corrected chi connectivity index (χ0v) is 16.2. The molecular formula is C20H19NO6S. The fourth-order valence-electron chi connectivity index (χ4n) is 3.11. The van der Waals surface area contributed by atoms with E-state index in [9.17, 15) is 19.5 Å². The van der Waals surface area contributed by atoms with Gasteiger partial charge in [0.1, 0.15) is 0 Å². The van der Waals surface area contributed by atoms with Crippen LogP contribution >= 0.6 is 11.3 Å². The van der Waals surface area contributed by atoms with Crippen molar-refractivity contribution in [3.63, 3.8) is 0 Å². The Kier molecular flexibility index (Phi) is 5.91. The molecule has 0 radical (unpaired) electrons. The number of carbonyl (C=O) groups excluding carboxylic acids is 3. The largest absolute Gasteiger partial charge is 0.503 e. The van der Waals surface area contributed by atoms with E-state index in [1.54, 1.807) is 41.8 Å². The second-order valence-corrected chi connectivity index (χ2v) is 7.02. The van der Waals surface area contributed by atoms with Crippen LogP contribution in [0.5, 0.6) is 0 Å². The van der Waals surface area contributed by atoms with Crippen molar-refractivity contribution in [1.29, 1.82) is 0 Å². The average Bonchev–Trinajstić information content (AvgIpc) is 3.34. The van der Waals surface area contributed by atoms with Crippen LogP contribution < -0.4 is 0 Å². The maximum absolute atomic E-state index is 13.0. The molecule has 146 valence electrons. The molecule has 1 amide bonds. The summed E-state index contributed by atoms with van der Waals surface area (Å²) >= 11 is 1.24. The molecule has 0 saturated heterocycles. The Balaban J connectivity index is 2.04. The van der Waals surface area contributed by atoms with Crippen LogP contribution in [0, 0.1) is 0 Å². The molecule has 0 saturated carbocycles. The molecule has 2 heterocycles. The van der Waals surface area contributed by atoms with E-state index in [2.05, 4.69) is 0 Å². The van der Waals surface area contributed by atoms with Crippen LogP contribution in [0.25, 0.3) is 0 Å². The molecule has 3 rings (SSSR count). The lowest BCUT2D eigenvalue weighted by Gasteiger charge is -2.26. The van der Waals surface area contributed by atoms with E-state index in [-0.39, 0.29) is 18.7 Å². The SMILES string of the molecule is COCCN1C(=O)C(O)=C(C(=O)c2cccs2)[C@@H]1c1ccc(C(=O)OC)cc1. The number of rotatable bonds is 7. The Morgan fingerprint density at radius 2 is 1.89 bits per heavy atom. The molecule has 1 aliphatic heterocycles. The Hall–Kier alpha value is -2.97. The first kappa shape index (κ1) is 19.8. The summed E-state index contributed by atoms with van der Waals surface area (Å²) < 4.78 is 9.76. The Morgan fingerprint density at radius 1 is 1.18 bits per heavy atom. The molecule has 0 spiro atoms. The molecule has 1 aliphatic rings. The molecule has 1 N–H and O–H groups in total. The topological polar surface area (TPSA) is 93.1 Å². The van der Waals surface area contributed by atoms with E-state index < -0.39 is 29.5 Å². The first-order valence-corrected chi connectivity index (χ1v) is 9.37. The number of nitrogens with zero attached hydrogens (tertiary/aromatic N) is 1. The van der Waals surface area contributed by atoms with Gasteiger partial charge in [0.05, 0.1) is 35.8 Å². The number of carbonyl (C=O) groups is 3. The van der Waals surface area contributed by atoms with E-state index in [4.69, 9.17) is 9.47 Å². The summed E-state index contributed by atoms with van der Waals surface area (Å²) in [7, 11) is 2.79. The summed E-state index contributed by atoms with van der Waals surface area (Å²) in [4.78, 5) is 39.1. The number of methoxy groups -OCH3 is 2. The molecule has 0 unspecified atom stereocenters. The van der Waals surface area contributed by atoms with Crippen LogP contribution in [0.3, 0.4) is 0 Å². The summed E-state index contributed by atoms with van der Waals surface area (Å²) in [6.07, 6.45) is 0. The van der Waals surface area contributed by atoms with Crippen LogP contribution in [0.4, 0.5) is 0 Å². The third-order valence-electron chi connectivity index (χ3n) is 4.48. The monoisotopic (exact) mass is 401 g/mol. The highest BCUT2D eigenvalue weighted by atomic mass is 32.1. The number of ketones is 1. The lowest BCUT2D eigenvalue weighted by Crippen LogP contribution is -2.34. The van der Waals surface area contributed by atoms with Crippen LogP contribution in [0.15, 0.2) is 53.1 Å². The van der Waals surface area contributed by atoms with Gasteiger partial charge in [0, 0.05) is 13.7 Å². The number of aliphatic hydroxyl groups excluding tert-OH is 1. The fourth-order valence-corrected chi connectivity index (χ4v) is 3.79. The van der Waals surface area contributed by atoms with Crippen molar-refractivity contribution in [1.82, 2.24) is 4.90 Å². The molecule has 28 heavy (non-hydrogen) atoms. The first-order chi connectivity index (χ1) is 13.5. The van der Waals surface area contributed by atoms with Crippen molar-refractivity contribution in [2.24, 2.45) is 0 Å². The van der Waals surface area contributed by atoms with Gasteiger partial charge in [-0.15, -0.1) is 11.3 Å². The zero-order chi connectivity index (χ0) is 20.3. The number of aliphatic hydroxyl groups is 1. The van der Waals surface area contributed by atoms with Crippen LogP contribution in [0.2, 0.25) is 0 Å². The Morgan fingerprint density at radius 3 is 2.46 bits per heavy atom. The van der Waals surface area contributed by atoms with Gasteiger partial charge in [-0.05, 0) is 29.1 Å². The molecule has 0 fully saturated rings. The lowest BCUT2D eigenvalue weighted by molar-refractivity contribution is -0.130. The van der Waals surface area contributed by atoms with Gasteiger partial charge in [-0.1, -0.05) is 18.2 Å². The Bertz CT molecular complexity index is 917. The second-order valence-electron chi connectivity index (χ2n) is 6.08. The number of hydrogen-bond acceptors (Lipinski definition) is 7. The minimum Gasteiger partial charge on any atom is -0.503 e. The smallest absolute Gasteiger partial charge is 0.337 e. The minimum atomic E-state index is -0.774. The third-order valence-corrected chi connectivity index (χ3v) is 5.35. The van der Waals surface area contributed by atoms with E-state index >= 15 is 0 Å². The standard InChI is InChI=1S/C20H19NO6S/c1-26-10-9-21-16(12-5-7-13(8-6-12)20(25)27-2)15(18(23)19(21)24)17(22)14-4-3-11-28-14/h3-8,11,16,23H,9-10H2,1-2H3/t16-/m0/s1. The lowest BCUT2D eigenvalue weighted by atomic mass is 9.94. The van der Waals surface area contributed by atoms with Gasteiger partial charge in [0.2, 0.25) is 5.78 Å². The van der Waals surface area contributed by atoms with Crippen molar-refractivity contribution in [3.05, 3.63) is 69.1 Å². The van der Waals surface area contributed by atoms with Crippen LogP contribution in [-0.4, -0.2) is 55.0 Å². The molecule has 1 aromatic carbocycles. The number of thiophene rings is 1. The number of amides is 1. The van der Waals surface area contributed by atoms with Gasteiger partial charge >= 0.3 is 5.97 Å². The highest BCUT2D eigenvalue weighted by Gasteiger charge is 2.43. The zero-order valence-electron chi connectivity index (χ0n) is 15.4. The maximum Gasteiger partial charge on any atom is 0.337 e. The number of esters is 1. The molecule has 2 aromatic rings. The van der Waals surface area contributed by atoms with E-state index in [0.717, 1.165) is 0 Å². The minimum absolute atomic E-state index is 0.0226. The van der Waals surface area contributed by atoms with Crippen LogP contribution in [-0.2, 0) is 14.3 Å². The summed E-state index contributed by atoms with van der Waals surface area (Å²) in [6.45, 7) is 0.445. The number of benzene rings is 1. The van der Waals surface area contributed by atoms with Gasteiger partial charge in [-0.3, -0.25) is 9.59 Å². The van der Waals surface area contributed by atoms with Gasteiger partial charge < -0.3 is 19.5 Å². The summed E-state index contributed by atoms with van der Waals surface area (Å²) in [5.74, 6) is -2.07. The summed E-state index contributed by atoms with van der Waals surface area (Å²) in [6, 6.07) is 9.01. The predicted octanol–water partition coefficient (Wildman–Crippen LogP) is 2.76. The van der Waals surface area contributed by atoms with E-state index in [0.29, 0.717) is 16.0 Å². The van der Waals surface area contributed by atoms with Crippen molar-refractivity contribution in [2.75, 3.05) is 27.4 Å². The van der Waals surface area contributed by atoms with Gasteiger partial charge in [-0.2, -0.15) is 0 Å². The second kappa shape index (κ2) is 8.37. The highest BCUT2D eigenvalue weighted by Crippen LogP contribution is 2.39. The molecule has 1 aromatic heterocycles. The van der Waals surface area contributed by atoms with Crippen molar-refractivity contribution in [2.45, 2.75) is 6.04 Å².